The number of imidazole rings is 1. The Morgan fingerprint density at radius 2 is 1.43 bits per heavy atom. The average molecular weight is 507 g/mol. The second-order valence-electron chi connectivity index (χ2n) is 8.50. The lowest BCUT2D eigenvalue weighted by molar-refractivity contribution is -0.141. The molecule has 3 aromatic rings. The molecule has 3 amide bonds. The molecule has 11 heteroatoms. The van der Waals surface area contributed by atoms with Crippen molar-refractivity contribution in [3.05, 3.63) is 90.0 Å². The summed E-state index contributed by atoms with van der Waals surface area (Å²) in [7, 11) is 0. The van der Waals surface area contributed by atoms with E-state index in [0.717, 1.165) is 11.1 Å². The van der Waals surface area contributed by atoms with Crippen molar-refractivity contribution in [3.8, 4) is 0 Å². The number of carboxylic acids is 1. The molecule has 7 N–H and O–H groups in total. The number of carboxylic acid groups (broad SMARTS) is 1. The number of rotatable bonds is 13. The summed E-state index contributed by atoms with van der Waals surface area (Å²) in [5.41, 5.74) is 8.22. The van der Waals surface area contributed by atoms with Crippen LogP contribution in [-0.4, -0.2) is 63.4 Å². The summed E-state index contributed by atoms with van der Waals surface area (Å²) < 4.78 is 0. The third-order valence-corrected chi connectivity index (χ3v) is 5.59. The smallest absolute Gasteiger partial charge is 0.326 e. The van der Waals surface area contributed by atoms with E-state index in [9.17, 15) is 24.3 Å². The SMILES string of the molecule is NC(Cc1cnc[nH]1)C(=O)NC(Cc1ccccc1)C(=O)NCC(=O)NC(Cc1ccccc1)C(=O)O. The molecule has 0 fully saturated rings. The van der Waals surface area contributed by atoms with E-state index in [0.29, 0.717) is 5.69 Å². The Hall–Kier alpha value is -4.51. The number of nitrogens with one attached hydrogen (secondary N) is 4. The molecule has 0 saturated carbocycles. The first-order chi connectivity index (χ1) is 17.8. The van der Waals surface area contributed by atoms with Gasteiger partial charge in [0.05, 0.1) is 18.9 Å². The lowest BCUT2D eigenvalue weighted by Gasteiger charge is -2.21. The van der Waals surface area contributed by atoms with Gasteiger partial charge in [-0.3, -0.25) is 14.4 Å². The van der Waals surface area contributed by atoms with E-state index in [-0.39, 0.29) is 19.3 Å². The maximum Gasteiger partial charge on any atom is 0.326 e. The predicted octanol–water partition coefficient (Wildman–Crippen LogP) is -0.0647. The van der Waals surface area contributed by atoms with Gasteiger partial charge in [-0.15, -0.1) is 0 Å². The van der Waals surface area contributed by atoms with Crippen LogP contribution in [0.1, 0.15) is 16.8 Å². The molecule has 11 nitrogen and oxygen atoms in total. The van der Waals surface area contributed by atoms with Crippen molar-refractivity contribution in [2.24, 2.45) is 5.73 Å². The highest BCUT2D eigenvalue weighted by Crippen LogP contribution is 2.06. The normalized spacial score (nSPS) is 13.1. The van der Waals surface area contributed by atoms with Crippen LogP contribution in [0.5, 0.6) is 0 Å². The first-order valence-electron chi connectivity index (χ1n) is 11.7. The summed E-state index contributed by atoms with van der Waals surface area (Å²) >= 11 is 0. The number of hydrogen-bond donors (Lipinski definition) is 6. The van der Waals surface area contributed by atoms with Crippen LogP contribution in [0.3, 0.4) is 0 Å². The molecule has 1 aromatic heterocycles. The van der Waals surface area contributed by atoms with Gasteiger partial charge in [0.25, 0.3) is 0 Å². The number of aromatic nitrogens is 2. The van der Waals surface area contributed by atoms with Crippen molar-refractivity contribution < 1.29 is 24.3 Å². The van der Waals surface area contributed by atoms with Gasteiger partial charge in [-0.2, -0.15) is 0 Å². The van der Waals surface area contributed by atoms with Gasteiger partial charge in [0.2, 0.25) is 17.7 Å². The summed E-state index contributed by atoms with van der Waals surface area (Å²) in [6.45, 7) is -0.460. The predicted molar refractivity (Wildman–Crippen MR) is 135 cm³/mol. The first kappa shape index (κ1) is 27.1. The van der Waals surface area contributed by atoms with Gasteiger partial charge in [0.15, 0.2) is 0 Å². The van der Waals surface area contributed by atoms with Gasteiger partial charge in [-0.25, -0.2) is 9.78 Å². The van der Waals surface area contributed by atoms with Crippen molar-refractivity contribution in [2.75, 3.05) is 6.54 Å². The lowest BCUT2D eigenvalue weighted by atomic mass is 10.0. The molecule has 0 saturated heterocycles. The zero-order valence-corrected chi connectivity index (χ0v) is 20.1. The molecule has 0 aliphatic carbocycles. The first-order valence-corrected chi connectivity index (χ1v) is 11.7. The number of aromatic amines is 1. The van der Waals surface area contributed by atoms with Crippen LogP contribution >= 0.6 is 0 Å². The second kappa shape index (κ2) is 13.5. The number of carbonyl (C=O) groups excluding carboxylic acids is 3. The Labute approximate surface area is 213 Å². The van der Waals surface area contributed by atoms with Gasteiger partial charge >= 0.3 is 5.97 Å². The van der Waals surface area contributed by atoms with Crippen LogP contribution in [0.25, 0.3) is 0 Å². The molecule has 3 unspecified atom stereocenters. The Kier molecular flexibility index (Phi) is 9.91. The molecular weight excluding hydrogens is 476 g/mol. The summed E-state index contributed by atoms with van der Waals surface area (Å²) in [5.74, 6) is -3.00. The largest absolute Gasteiger partial charge is 0.480 e. The molecule has 0 radical (unpaired) electrons. The molecule has 2 aromatic carbocycles. The Morgan fingerprint density at radius 1 is 0.838 bits per heavy atom. The monoisotopic (exact) mass is 506 g/mol. The molecule has 194 valence electrons. The van der Waals surface area contributed by atoms with Crippen molar-refractivity contribution in [1.29, 1.82) is 0 Å². The summed E-state index contributed by atoms with van der Waals surface area (Å²) in [5, 5.41) is 17.1. The van der Waals surface area contributed by atoms with Crippen LogP contribution in [0, 0.1) is 0 Å². The summed E-state index contributed by atoms with van der Waals surface area (Å²) in [6.07, 6.45) is 3.50. The van der Waals surface area contributed by atoms with E-state index in [2.05, 4.69) is 25.9 Å². The van der Waals surface area contributed by atoms with E-state index in [4.69, 9.17) is 5.73 Å². The van der Waals surface area contributed by atoms with Crippen LogP contribution in [0.15, 0.2) is 73.2 Å². The van der Waals surface area contributed by atoms with Gasteiger partial charge < -0.3 is 31.8 Å². The van der Waals surface area contributed by atoms with Gasteiger partial charge in [-0.1, -0.05) is 60.7 Å². The topological polar surface area (TPSA) is 179 Å². The van der Waals surface area contributed by atoms with Crippen LogP contribution < -0.4 is 21.7 Å². The molecule has 0 aliphatic rings. The van der Waals surface area contributed by atoms with Crippen LogP contribution in [0.4, 0.5) is 0 Å². The summed E-state index contributed by atoms with van der Waals surface area (Å²) in [4.78, 5) is 56.5. The third kappa shape index (κ3) is 8.89. The maximum absolute atomic E-state index is 13.0. The number of benzene rings is 2. The van der Waals surface area contributed by atoms with Crippen molar-refractivity contribution in [1.82, 2.24) is 25.9 Å². The lowest BCUT2D eigenvalue weighted by Crippen LogP contribution is -2.54. The number of aliphatic carboxylic acids is 1. The number of nitrogens with two attached hydrogens (primary N) is 1. The number of nitrogens with zero attached hydrogens (tertiary/aromatic N) is 1. The highest BCUT2D eigenvalue weighted by Gasteiger charge is 2.26. The molecule has 0 aliphatic heterocycles. The Balaban J connectivity index is 1.59. The van der Waals surface area contributed by atoms with Gasteiger partial charge in [0.1, 0.15) is 12.1 Å². The van der Waals surface area contributed by atoms with Gasteiger partial charge in [-0.05, 0) is 11.1 Å². The van der Waals surface area contributed by atoms with Crippen molar-refractivity contribution >= 4 is 23.7 Å². The van der Waals surface area contributed by atoms with E-state index < -0.39 is 48.4 Å². The Bertz CT molecular complexity index is 1170. The minimum Gasteiger partial charge on any atom is -0.480 e. The molecule has 0 spiro atoms. The fourth-order valence-electron chi connectivity index (χ4n) is 3.65. The fourth-order valence-corrected chi connectivity index (χ4v) is 3.65. The van der Waals surface area contributed by atoms with Gasteiger partial charge in [0, 0.05) is 31.2 Å². The fraction of sp³-hybridized carbons (Fsp3) is 0.269. The quantitative estimate of drug-likeness (QED) is 0.188. The van der Waals surface area contributed by atoms with Crippen LogP contribution in [0.2, 0.25) is 0 Å². The zero-order chi connectivity index (χ0) is 26.6. The van der Waals surface area contributed by atoms with E-state index in [1.165, 1.54) is 6.33 Å². The van der Waals surface area contributed by atoms with Crippen LogP contribution in [-0.2, 0) is 38.4 Å². The minimum atomic E-state index is -1.19. The average Bonchev–Trinajstić information content (AvgIpc) is 3.40. The van der Waals surface area contributed by atoms with E-state index in [1.54, 1.807) is 30.5 Å². The molecule has 3 rings (SSSR count). The molecule has 0 bridgehead atoms. The van der Waals surface area contributed by atoms with E-state index in [1.807, 2.05) is 36.4 Å². The van der Waals surface area contributed by atoms with Crippen molar-refractivity contribution in [3.63, 3.8) is 0 Å². The molecule has 1 heterocycles. The number of amides is 3. The zero-order valence-electron chi connectivity index (χ0n) is 20.1. The molecular formula is C26H30N6O5. The van der Waals surface area contributed by atoms with Crippen molar-refractivity contribution in [2.45, 2.75) is 37.4 Å². The minimum absolute atomic E-state index is 0.0940. The molecule has 37 heavy (non-hydrogen) atoms. The Morgan fingerprint density at radius 3 is 1.97 bits per heavy atom. The maximum atomic E-state index is 13.0. The highest BCUT2D eigenvalue weighted by atomic mass is 16.4. The number of H-pyrrole nitrogens is 1. The standard InChI is InChI=1S/C26H30N6O5/c27-20(13-19-14-28-16-30-19)24(34)32-21(11-17-7-3-1-4-8-17)25(35)29-15-23(33)31-22(26(36)37)12-18-9-5-2-6-10-18/h1-10,14,16,20-22H,11-13,15,27H2,(H,28,30)(H,29,35)(H,31,33)(H,32,34)(H,36,37). The highest BCUT2D eigenvalue weighted by molar-refractivity contribution is 5.92. The van der Waals surface area contributed by atoms with E-state index >= 15 is 0 Å². The number of hydrogen-bond acceptors (Lipinski definition) is 6. The second-order valence-corrected chi connectivity index (χ2v) is 8.50. The summed E-state index contributed by atoms with van der Waals surface area (Å²) in [6, 6.07) is 14.9. The molecule has 3 atom stereocenters. The number of carbonyl (C=O) groups is 4. The third-order valence-electron chi connectivity index (χ3n) is 5.59.